The number of carbonyl (C=O) groups excluding carboxylic acids is 2. The van der Waals surface area contributed by atoms with Crippen LogP contribution in [0.2, 0.25) is 0 Å². The van der Waals surface area contributed by atoms with Crippen LogP contribution in [0.3, 0.4) is 0 Å². The van der Waals surface area contributed by atoms with Crippen molar-refractivity contribution >= 4 is 11.9 Å². The van der Waals surface area contributed by atoms with Crippen LogP contribution in [-0.4, -0.2) is 47.4 Å². The van der Waals surface area contributed by atoms with Gasteiger partial charge >= 0.3 is 5.97 Å². The summed E-state index contributed by atoms with van der Waals surface area (Å²) >= 11 is 0. The van der Waals surface area contributed by atoms with Gasteiger partial charge in [0.15, 0.2) is 0 Å². The van der Waals surface area contributed by atoms with Gasteiger partial charge in [-0.15, -0.1) is 0 Å². The molecule has 1 amide bonds. The molecule has 0 aromatic heterocycles. The number of hydrogen-bond acceptors (Lipinski definition) is 5. The minimum Gasteiger partial charge on any atom is -0.466 e. The van der Waals surface area contributed by atoms with E-state index in [0.717, 1.165) is 51.4 Å². The van der Waals surface area contributed by atoms with Crippen molar-refractivity contribution in [3.8, 4) is 0 Å². The average Bonchev–Trinajstić information content (AvgIpc) is 3.32. The molecule has 0 bridgehead atoms. The molecular formula is C60H113NO5. The molecule has 2 unspecified atom stereocenters. The van der Waals surface area contributed by atoms with Crippen LogP contribution < -0.4 is 5.32 Å². The van der Waals surface area contributed by atoms with Crippen molar-refractivity contribution in [1.82, 2.24) is 5.32 Å². The van der Waals surface area contributed by atoms with Crippen molar-refractivity contribution in [1.29, 1.82) is 0 Å². The van der Waals surface area contributed by atoms with Gasteiger partial charge in [-0.05, 0) is 83.5 Å². The van der Waals surface area contributed by atoms with Gasteiger partial charge in [0.05, 0.1) is 25.4 Å². The number of hydrogen-bond donors (Lipinski definition) is 3. The molecule has 66 heavy (non-hydrogen) atoms. The molecule has 0 aliphatic rings. The van der Waals surface area contributed by atoms with E-state index in [-0.39, 0.29) is 18.5 Å². The summed E-state index contributed by atoms with van der Waals surface area (Å²) in [4.78, 5) is 24.5. The zero-order chi connectivity index (χ0) is 47.9. The number of aliphatic hydroxyl groups is 2. The van der Waals surface area contributed by atoms with Gasteiger partial charge < -0.3 is 20.3 Å². The Morgan fingerprint density at radius 1 is 0.409 bits per heavy atom. The topological polar surface area (TPSA) is 95.9 Å². The van der Waals surface area contributed by atoms with Crippen molar-refractivity contribution in [2.45, 2.75) is 321 Å². The maximum absolute atomic E-state index is 12.4. The second-order valence-corrected chi connectivity index (χ2v) is 20.0. The van der Waals surface area contributed by atoms with Crippen molar-refractivity contribution < 1.29 is 24.5 Å². The Balaban J connectivity index is 3.46. The SMILES string of the molecule is CCCCCCCC/C=C\CCCCCCCC(=O)OCCCCCCCCCCC/C=C\CCCCCCCCCC(=O)NC(CO)C(O)/C=C/CCCCCCCCCCCCCC. The maximum Gasteiger partial charge on any atom is 0.305 e. The number of ether oxygens (including phenoxy) is 1. The first-order valence-corrected chi connectivity index (χ1v) is 29.3. The van der Waals surface area contributed by atoms with Gasteiger partial charge in [-0.25, -0.2) is 0 Å². The molecular weight excluding hydrogens is 815 g/mol. The highest BCUT2D eigenvalue weighted by molar-refractivity contribution is 5.76. The van der Waals surface area contributed by atoms with Crippen LogP contribution in [0.1, 0.15) is 309 Å². The summed E-state index contributed by atoms with van der Waals surface area (Å²) in [6.07, 6.45) is 68.8. The fourth-order valence-electron chi connectivity index (χ4n) is 8.86. The smallest absolute Gasteiger partial charge is 0.305 e. The van der Waals surface area contributed by atoms with Crippen LogP contribution in [0, 0.1) is 0 Å². The molecule has 0 aromatic carbocycles. The molecule has 0 aromatic rings. The molecule has 2 atom stereocenters. The highest BCUT2D eigenvalue weighted by Crippen LogP contribution is 2.16. The second-order valence-electron chi connectivity index (χ2n) is 20.0. The number of unbranched alkanes of at least 4 members (excludes halogenated alkanes) is 39. The molecule has 0 saturated carbocycles. The zero-order valence-corrected chi connectivity index (χ0v) is 44.2. The van der Waals surface area contributed by atoms with E-state index < -0.39 is 12.1 Å². The first-order chi connectivity index (χ1) is 32.5. The number of esters is 1. The normalized spacial score (nSPS) is 12.8. The molecule has 388 valence electrons. The molecule has 0 rings (SSSR count). The number of allylic oxidation sites excluding steroid dienone is 5. The molecule has 0 aliphatic carbocycles. The number of amides is 1. The van der Waals surface area contributed by atoms with E-state index in [4.69, 9.17) is 4.74 Å². The quantitative estimate of drug-likeness (QED) is 0.0321. The van der Waals surface area contributed by atoms with Gasteiger partial charge in [-0.3, -0.25) is 9.59 Å². The first kappa shape index (κ1) is 64.1. The summed E-state index contributed by atoms with van der Waals surface area (Å²) in [6, 6.07) is -0.634. The van der Waals surface area contributed by atoms with E-state index >= 15 is 0 Å². The fraction of sp³-hybridized carbons (Fsp3) is 0.867. The molecule has 3 N–H and O–H groups in total. The highest BCUT2D eigenvalue weighted by atomic mass is 16.5. The largest absolute Gasteiger partial charge is 0.466 e. The Hall–Kier alpha value is -1.92. The average molecular weight is 929 g/mol. The van der Waals surface area contributed by atoms with E-state index in [2.05, 4.69) is 43.5 Å². The van der Waals surface area contributed by atoms with Crippen molar-refractivity contribution in [2.24, 2.45) is 0 Å². The summed E-state index contributed by atoms with van der Waals surface area (Å²) in [5.74, 6) is -0.0792. The van der Waals surface area contributed by atoms with Gasteiger partial charge in [-0.1, -0.05) is 249 Å². The van der Waals surface area contributed by atoms with Crippen LogP contribution in [0.4, 0.5) is 0 Å². The third-order valence-electron chi connectivity index (χ3n) is 13.4. The van der Waals surface area contributed by atoms with E-state index in [0.29, 0.717) is 19.4 Å². The molecule has 6 heteroatoms. The van der Waals surface area contributed by atoms with Crippen molar-refractivity contribution in [2.75, 3.05) is 13.2 Å². The molecule has 0 spiro atoms. The minimum atomic E-state index is -0.850. The van der Waals surface area contributed by atoms with Gasteiger partial charge in [-0.2, -0.15) is 0 Å². The van der Waals surface area contributed by atoms with Crippen LogP contribution in [-0.2, 0) is 14.3 Å². The zero-order valence-electron chi connectivity index (χ0n) is 44.2. The summed E-state index contributed by atoms with van der Waals surface area (Å²) in [6.45, 7) is 4.89. The van der Waals surface area contributed by atoms with Gasteiger partial charge in [0, 0.05) is 12.8 Å². The lowest BCUT2D eigenvalue weighted by Crippen LogP contribution is -2.45. The lowest BCUT2D eigenvalue weighted by Gasteiger charge is -2.20. The molecule has 0 radical (unpaired) electrons. The van der Waals surface area contributed by atoms with Crippen molar-refractivity contribution in [3.05, 3.63) is 36.5 Å². The van der Waals surface area contributed by atoms with Crippen LogP contribution in [0.5, 0.6) is 0 Å². The molecule has 0 aliphatic heterocycles. The number of rotatable bonds is 54. The third kappa shape index (κ3) is 51.5. The summed E-state index contributed by atoms with van der Waals surface area (Å²) < 4.78 is 5.47. The lowest BCUT2D eigenvalue weighted by atomic mass is 10.0. The Morgan fingerprint density at radius 3 is 1.08 bits per heavy atom. The fourth-order valence-corrected chi connectivity index (χ4v) is 8.86. The molecule has 0 fully saturated rings. The maximum atomic E-state index is 12.4. The predicted octanol–water partition coefficient (Wildman–Crippen LogP) is 18.0. The van der Waals surface area contributed by atoms with Crippen molar-refractivity contribution in [3.63, 3.8) is 0 Å². The third-order valence-corrected chi connectivity index (χ3v) is 13.4. The van der Waals surface area contributed by atoms with Crippen LogP contribution >= 0.6 is 0 Å². The van der Waals surface area contributed by atoms with Gasteiger partial charge in [0.1, 0.15) is 0 Å². The lowest BCUT2D eigenvalue weighted by molar-refractivity contribution is -0.143. The molecule has 0 saturated heterocycles. The van der Waals surface area contributed by atoms with Crippen LogP contribution in [0.25, 0.3) is 0 Å². The first-order valence-electron chi connectivity index (χ1n) is 29.3. The van der Waals surface area contributed by atoms with E-state index in [1.165, 1.54) is 231 Å². The van der Waals surface area contributed by atoms with E-state index in [1.54, 1.807) is 6.08 Å². The molecule has 6 nitrogen and oxygen atoms in total. The molecule has 0 heterocycles. The predicted molar refractivity (Wildman–Crippen MR) is 287 cm³/mol. The van der Waals surface area contributed by atoms with E-state index in [9.17, 15) is 19.8 Å². The summed E-state index contributed by atoms with van der Waals surface area (Å²) in [5.41, 5.74) is 0. The van der Waals surface area contributed by atoms with Gasteiger partial charge in [0.2, 0.25) is 5.91 Å². The van der Waals surface area contributed by atoms with E-state index in [1.807, 2.05) is 6.08 Å². The minimum absolute atomic E-state index is 0.00263. The summed E-state index contributed by atoms with van der Waals surface area (Å²) in [5, 5.41) is 23.1. The Morgan fingerprint density at radius 2 is 0.712 bits per heavy atom. The number of carbonyl (C=O) groups is 2. The Kier molecular flexibility index (Phi) is 54.1. The second kappa shape index (κ2) is 55.7. The Labute approximate surface area is 411 Å². The number of nitrogens with one attached hydrogen (secondary N) is 1. The van der Waals surface area contributed by atoms with Gasteiger partial charge in [0.25, 0.3) is 0 Å². The number of aliphatic hydroxyl groups excluding tert-OH is 2. The summed E-state index contributed by atoms with van der Waals surface area (Å²) in [7, 11) is 0. The van der Waals surface area contributed by atoms with Crippen LogP contribution in [0.15, 0.2) is 36.5 Å². The Bertz CT molecular complexity index is 1070. The monoisotopic (exact) mass is 928 g/mol. The highest BCUT2D eigenvalue weighted by Gasteiger charge is 2.18. The standard InChI is InChI=1S/C60H113NO5/c1-3-5-7-9-11-13-15-17-25-30-34-38-42-46-50-54-60(65)66-55-51-47-43-39-35-31-27-24-22-20-19-21-23-26-29-33-37-41-45-49-53-59(64)61-57(56-62)58(63)52-48-44-40-36-32-28-18-16-14-12-10-8-6-4-2/h17,19,21,25,48,52,57-58,62-63H,3-16,18,20,22-24,26-47,49-51,53-56H2,1-2H3,(H,61,64)/b21-19-,25-17-,52-48+.